The summed E-state index contributed by atoms with van der Waals surface area (Å²) in [4.78, 5) is 16.3. The van der Waals surface area contributed by atoms with Crippen molar-refractivity contribution in [1.82, 2.24) is 15.6 Å². The Kier molecular flexibility index (Phi) is 8.04. The lowest BCUT2D eigenvalue weighted by atomic mass is 9.95. The van der Waals surface area contributed by atoms with E-state index in [4.69, 9.17) is 0 Å². The summed E-state index contributed by atoms with van der Waals surface area (Å²) < 4.78 is 52.4. The number of hydrogen-bond acceptors (Lipinski definition) is 3. The van der Waals surface area contributed by atoms with Crippen LogP contribution in [0.3, 0.4) is 0 Å². The van der Waals surface area contributed by atoms with Crippen LogP contribution in [0.1, 0.15) is 52.0 Å². The van der Waals surface area contributed by atoms with Gasteiger partial charge in [0.1, 0.15) is 17.6 Å². The van der Waals surface area contributed by atoms with Crippen LogP contribution in [0.2, 0.25) is 0 Å². The molecular formula is C26H27F4N3O. The zero-order chi connectivity index (χ0) is 24.9. The quantitative estimate of drug-likeness (QED) is 0.419. The number of carbonyl (C=O) groups excluding carboxylic acids is 1. The Morgan fingerprint density at radius 1 is 1.00 bits per heavy atom. The van der Waals surface area contributed by atoms with Gasteiger partial charge in [-0.15, -0.1) is 0 Å². The topological polar surface area (TPSA) is 54.0 Å². The molecule has 180 valence electrons. The largest absolute Gasteiger partial charge is 0.433 e. The fourth-order valence-corrected chi connectivity index (χ4v) is 3.71. The third-order valence-electron chi connectivity index (χ3n) is 5.71. The third-order valence-corrected chi connectivity index (χ3v) is 5.71. The molecule has 0 fully saturated rings. The number of halogens is 4. The molecule has 2 N–H and O–H groups in total. The maximum atomic E-state index is 13.9. The molecule has 2 unspecified atom stereocenters. The van der Waals surface area contributed by atoms with E-state index in [2.05, 4.69) is 15.6 Å². The van der Waals surface area contributed by atoms with Crippen molar-refractivity contribution in [3.8, 4) is 0 Å². The molecule has 0 aliphatic carbocycles. The number of alkyl halides is 3. The first-order valence-electron chi connectivity index (χ1n) is 10.9. The van der Waals surface area contributed by atoms with Crippen LogP contribution in [0.5, 0.6) is 0 Å². The number of pyridine rings is 1. The Morgan fingerprint density at radius 2 is 1.68 bits per heavy atom. The summed E-state index contributed by atoms with van der Waals surface area (Å²) in [7, 11) is 1.55. The number of aromatic nitrogens is 1. The molecule has 0 bridgehead atoms. The van der Waals surface area contributed by atoms with E-state index in [9.17, 15) is 22.4 Å². The van der Waals surface area contributed by atoms with Gasteiger partial charge in [-0.1, -0.05) is 48.0 Å². The second-order valence-corrected chi connectivity index (χ2v) is 8.27. The number of rotatable bonds is 8. The fraction of sp³-hybridized carbons (Fsp3) is 0.308. The Balaban J connectivity index is 1.88. The molecule has 8 heteroatoms. The average Bonchev–Trinajstić information content (AvgIpc) is 2.81. The van der Waals surface area contributed by atoms with Crippen molar-refractivity contribution in [3.63, 3.8) is 0 Å². The minimum absolute atomic E-state index is 0.233. The molecule has 0 radical (unpaired) electrons. The first-order valence-corrected chi connectivity index (χ1v) is 10.9. The highest BCUT2D eigenvalue weighted by molar-refractivity contribution is 5.83. The van der Waals surface area contributed by atoms with Gasteiger partial charge in [-0.3, -0.25) is 15.1 Å². The third kappa shape index (κ3) is 6.41. The SMILES string of the molecule is CNC(=O)C(NC(CCc1ccc(C(F)(F)F)nc1)c1ccc(F)c(C)c1)c1ccc(C)cc1. The van der Waals surface area contributed by atoms with Gasteiger partial charge < -0.3 is 5.32 Å². The van der Waals surface area contributed by atoms with Crippen LogP contribution in [0, 0.1) is 19.7 Å². The number of likely N-dealkylation sites (N-methyl/N-ethyl adjacent to an activating group) is 1. The Hall–Kier alpha value is -3.26. The fourth-order valence-electron chi connectivity index (χ4n) is 3.71. The molecule has 0 aliphatic heterocycles. The first-order chi connectivity index (χ1) is 16.1. The molecule has 0 spiro atoms. The highest BCUT2D eigenvalue weighted by atomic mass is 19.4. The van der Waals surface area contributed by atoms with Gasteiger partial charge in [0.2, 0.25) is 5.91 Å². The molecule has 2 atom stereocenters. The maximum absolute atomic E-state index is 13.9. The molecule has 4 nitrogen and oxygen atoms in total. The lowest BCUT2D eigenvalue weighted by Crippen LogP contribution is -2.38. The van der Waals surface area contributed by atoms with Crippen LogP contribution < -0.4 is 10.6 Å². The standard InChI is InChI=1S/C26H27F4N3O/c1-16-4-8-19(9-5-16)24(25(34)31-3)33-22(20-10-11-21(27)17(2)14-20)12-6-18-7-13-23(32-15-18)26(28,29)30/h4-5,7-11,13-15,22,24,33H,6,12H2,1-3H3,(H,31,34). The summed E-state index contributed by atoms with van der Waals surface area (Å²) in [5.41, 5.74) is 2.75. The number of nitrogens with zero attached hydrogens (tertiary/aromatic N) is 1. The summed E-state index contributed by atoms with van der Waals surface area (Å²) in [6.07, 6.45) is -2.42. The Morgan fingerprint density at radius 3 is 2.24 bits per heavy atom. The lowest BCUT2D eigenvalue weighted by molar-refractivity contribution is -0.141. The second-order valence-electron chi connectivity index (χ2n) is 8.27. The van der Waals surface area contributed by atoms with E-state index >= 15 is 0 Å². The van der Waals surface area contributed by atoms with Gasteiger partial charge in [0.25, 0.3) is 0 Å². The van der Waals surface area contributed by atoms with E-state index in [0.717, 1.165) is 22.8 Å². The van der Waals surface area contributed by atoms with Gasteiger partial charge in [0, 0.05) is 19.3 Å². The van der Waals surface area contributed by atoms with Gasteiger partial charge in [0.15, 0.2) is 0 Å². The van der Waals surface area contributed by atoms with Crippen molar-refractivity contribution in [3.05, 3.63) is 100 Å². The van der Waals surface area contributed by atoms with E-state index in [-0.39, 0.29) is 17.8 Å². The molecule has 1 aromatic heterocycles. The van der Waals surface area contributed by atoms with Crippen LogP contribution in [0.4, 0.5) is 17.6 Å². The molecule has 0 saturated heterocycles. The van der Waals surface area contributed by atoms with Crippen molar-refractivity contribution < 1.29 is 22.4 Å². The van der Waals surface area contributed by atoms with Crippen molar-refractivity contribution in [2.24, 2.45) is 0 Å². The normalized spacial score (nSPS) is 13.4. The van der Waals surface area contributed by atoms with E-state index in [1.807, 2.05) is 31.2 Å². The van der Waals surface area contributed by atoms with Gasteiger partial charge in [-0.05, 0) is 61.1 Å². The highest BCUT2D eigenvalue weighted by Gasteiger charge is 2.32. The second kappa shape index (κ2) is 10.8. The zero-order valence-corrected chi connectivity index (χ0v) is 19.2. The van der Waals surface area contributed by atoms with E-state index in [1.54, 1.807) is 26.1 Å². The van der Waals surface area contributed by atoms with Crippen LogP contribution in [0.25, 0.3) is 0 Å². The minimum Gasteiger partial charge on any atom is -0.358 e. The van der Waals surface area contributed by atoms with Crippen molar-refractivity contribution in [2.75, 3.05) is 7.05 Å². The van der Waals surface area contributed by atoms with Crippen LogP contribution in [-0.2, 0) is 17.4 Å². The highest BCUT2D eigenvalue weighted by Crippen LogP contribution is 2.29. The maximum Gasteiger partial charge on any atom is 0.433 e. The number of aryl methyl sites for hydroxylation is 3. The molecule has 1 amide bonds. The summed E-state index contributed by atoms with van der Waals surface area (Å²) in [5, 5.41) is 6.05. The van der Waals surface area contributed by atoms with Crippen LogP contribution in [-0.4, -0.2) is 17.9 Å². The number of amides is 1. The van der Waals surface area contributed by atoms with Gasteiger partial charge >= 0.3 is 6.18 Å². The zero-order valence-electron chi connectivity index (χ0n) is 19.2. The molecule has 3 rings (SSSR count). The molecule has 0 aliphatic rings. The van der Waals surface area contributed by atoms with Crippen LogP contribution in [0.15, 0.2) is 60.8 Å². The van der Waals surface area contributed by atoms with Gasteiger partial charge in [-0.2, -0.15) is 13.2 Å². The molecule has 2 aromatic carbocycles. The predicted octanol–water partition coefficient (Wildman–Crippen LogP) is 5.61. The number of hydrogen-bond donors (Lipinski definition) is 2. The van der Waals surface area contributed by atoms with Gasteiger partial charge in [-0.25, -0.2) is 4.39 Å². The number of carbonyl (C=O) groups is 1. The van der Waals surface area contributed by atoms with E-state index in [0.29, 0.717) is 24.0 Å². The molecule has 0 saturated carbocycles. The molecular weight excluding hydrogens is 446 g/mol. The van der Waals surface area contributed by atoms with Crippen molar-refractivity contribution in [1.29, 1.82) is 0 Å². The van der Waals surface area contributed by atoms with E-state index < -0.39 is 17.9 Å². The monoisotopic (exact) mass is 473 g/mol. The Bertz CT molecular complexity index is 1110. The smallest absolute Gasteiger partial charge is 0.358 e. The summed E-state index contributed by atoms with van der Waals surface area (Å²) in [6, 6.07) is 13.6. The van der Waals surface area contributed by atoms with Crippen LogP contribution >= 0.6 is 0 Å². The number of nitrogens with one attached hydrogen (secondary N) is 2. The van der Waals surface area contributed by atoms with Crippen molar-refractivity contribution >= 4 is 5.91 Å². The van der Waals surface area contributed by atoms with Crippen molar-refractivity contribution in [2.45, 2.75) is 44.9 Å². The molecule has 1 heterocycles. The summed E-state index contributed by atoms with van der Waals surface area (Å²) in [5.74, 6) is -0.570. The average molecular weight is 474 g/mol. The lowest BCUT2D eigenvalue weighted by Gasteiger charge is -2.26. The van der Waals surface area contributed by atoms with Gasteiger partial charge in [0.05, 0.1) is 0 Å². The molecule has 34 heavy (non-hydrogen) atoms. The predicted molar refractivity (Wildman–Crippen MR) is 123 cm³/mol. The summed E-state index contributed by atoms with van der Waals surface area (Å²) >= 11 is 0. The summed E-state index contributed by atoms with van der Waals surface area (Å²) in [6.45, 7) is 3.61. The number of benzene rings is 2. The minimum atomic E-state index is -4.50. The first kappa shape index (κ1) is 25.4. The van der Waals surface area contributed by atoms with E-state index in [1.165, 1.54) is 18.3 Å². The molecule has 3 aromatic rings. The Labute approximate surface area is 196 Å².